The van der Waals surface area contributed by atoms with Gasteiger partial charge in [0.25, 0.3) is 5.91 Å². The number of aryl methyl sites for hydroxylation is 2. The van der Waals surface area contributed by atoms with Gasteiger partial charge in [-0.05, 0) is 50.6 Å². The minimum atomic E-state index is -0.262. The summed E-state index contributed by atoms with van der Waals surface area (Å²) in [7, 11) is 0. The summed E-state index contributed by atoms with van der Waals surface area (Å²) in [5.74, 6) is 0.225. The van der Waals surface area contributed by atoms with Crippen LogP contribution in [0, 0.1) is 19.7 Å². The Labute approximate surface area is 147 Å². The van der Waals surface area contributed by atoms with E-state index in [-0.39, 0.29) is 23.5 Å². The Morgan fingerprint density at radius 1 is 1.24 bits per heavy atom. The molecule has 1 N–H and O–H groups in total. The van der Waals surface area contributed by atoms with Crippen molar-refractivity contribution < 1.29 is 13.6 Å². The molecule has 0 bridgehead atoms. The number of hydrogen-bond donors (Lipinski definition) is 1. The van der Waals surface area contributed by atoms with Crippen LogP contribution < -0.4 is 5.32 Å². The van der Waals surface area contributed by atoms with Crippen LogP contribution in [0.4, 0.5) is 4.39 Å². The first-order valence-electron chi connectivity index (χ1n) is 8.76. The Morgan fingerprint density at radius 3 is 2.52 bits per heavy atom. The van der Waals surface area contributed by atoms with Gasteiger partial charge in [-0.3, -0.25) is 9.69 Å². The first-order chi connectivity index (χ1) is 12.0. The fourth-order valence-electron chi connectivity index (χ4n) is 3.38. The monoisotopic (exact) mass is 345 g/mol. The third-order valence-electron chi connectivity index (χ3n) is 4.65. The fraction of sp³-hybridized carbons (Fsp3) is 0.474. The minimum absolute atomic E-state index is 0.0224. The number of oxazole rings is 1. The lowest BCUT2D eigenvalue weighted by molar-refractivity contribution is 0.0895. The molecule has 5 nitrogen and oxygen atoms in total. The second-order valence-electron chi connectivity index (χ2n) is 6.52. The molecule has 1 aromatic heterocycles. The summed E-state index contributed by atoms with van der Waals surface area (Å²) in [5.41, 5.74) is 1.60. The maximum Gasteiger partial charge on any atom is 0.289 e. The molecule has 1 fully saturated rings. The van der Waals surface area contributed by atoms with Gasteiger partial charge in [-0.2, -0.15) is 0 Å². The number of nitrogens with one attached hydrogen (secondary N) is 1. The molecular weight excluding hydrogens is 321 g/mol. The van der Waals surface area contributed by atoms with Crippen molar-refractivity contribution in [1.29, 1.82) is 0 Å². The van der Waals surface area contributed by atoms with E-state index in [1.807, 2.05) is 0 Å². The molecule has 0 aliphatic carbocycles. The summed E-state index contributed by atoms with van der Waals surface area (Å²) < 4.78 is 18.7. The van der Waals surface area contributed by atoms with E-state index in [9.17, 15) is 9.18 Å². The number of piperidine rings is 1. The number of aromatic nitrogens is 1. The highest BCUT2D eigenvalue weighted by molar-refractivity contribution is 5.92. The Hall–Kier alpha value is -2.21. The summed E-state index contributed by atoms with van der Waals surface area (Å²) in [4.78, 5) is 18.9. The Balaban J connectivity index is 1.74. The molecule has 0 spiro atoms. The van der Waals surface area contributed by atoms with Crippen LogP contribution in [-0.2, 0) is 0 Å². The molecule has 1 aromatic carbocycles. The van der Waals surface area contributed by atoms with Crippen molar-refractivity contribution in [2.24, 2.45) is 0 Å². The number of nitrogens with zero attached hydrogens (tertiary/aromatic N) is 2. The highest BCUT2D eigenvalue weighted by Gasteiger charge is 2.24. The van der Waals surface area contributed by atoms with E-state index in [0.717, 1.165) is 31.5 Å². The van der Waals surface area contributed by atoms with Crippen LogP contribution in [0.25, 0.3) is 0 Å². The van der Waals surface area contributed by atoms with Gasteiger partial charge in [0.15, 0.2) is 5.89 Å². The molecule has 1 aliphatic heterocycles. The molecule has 2 aromatic rings. The smallest absolute Gasteiger partial charge is 0.289 e. The van der Waals surface area contributed by atoms with Crippen LogP contribution in [-0.4, -0.2) is 35.4 Å². The van der Waals surface area contributed by atoms with Crippen molar-refractivity contribution in [1.82, 2.24) is 15.2 Å². The van der Waals surface area contributed by atoms with Crippen molar-refractivity contribution in [3.8, 4) is 0 Å². The predicted octanol–water partition coefficient (Wildman–Crippen LogP) is 3.39. The minimum Gasteiger partial charge on any atom is -0.436 e. The Bertz CT molecular complexity index is 721. The summed E-state index contributed by atoms with van der Waals surface area (Å²) in [6.45, 7) is 5.90. The molecule has 3 rings (SSSR count). The predicted molar refractivity (Wildman–Crippen MR) is 92.9 cm³/mol. The number of carbonyl (C=O) groups excluding carboxylic acids is 1. The van der Waals surface area contributed by atoms with E-state index in [4.69, 9.17) is 4.42 Å². The van der Waals surface area contributed by atoms with E-state index in [1.54, 1.807) is 26.0 Å². The van der Waals surface area contributed by atoms with Crippen LogP contribution in [0.5, 0.6) is 0 Å². The quantitative estimate of drug-likeness (QED) is 0.902. The van der Waals surface area contributed by atoms with Gasteiger partial charge >= 0.3 is 0 Å². The molecule has 1 atom stereocenters. The van der Waals surface area contributed by atoms with Gasteiger partial charge in [0, 0.05) is 13.5 Å². The lowest BCUT2D eigenvalue weighted by Gasteiger charge is -2.35. The summed E-state index contributed by atoms with van der Waals surface area (Å²) >= 11 is 0. The van der Waals surface area contributed by atoms with Crippen molar-refractivity contribution in [2.75, 3.05) is 19.6 Å². The SMILES string of the molecule is Cc1nc(C)c(C(=O)NC[C@@H](c2ccc(F)cc2)N2CCCCC2)o1. The Morgan fingerprint density at radius 2 is 1.92 bits per heavy atom. The normalized spacial score (nSPS) is 16.6. The largest absolute Gasteiger partial charge is 0.436 e. The average Bonchev–Trinajstić information content (AvgIpc) is 2.96. The van der Waals surface area contributed by atoms with E-state index >= 15 is 0 Å². The summed E-state index contributed by atoms with van der Waals surface area (Å²) in [5, 5.41) is 2.96. The number of carbonyl (C=O) groups is 1. The van der Waals surface area contributed by atoms with Crippen LogP contribution in [0.15, 0.2) is 28.7 Å². The first kappa shape index (κ1) is 17.6. The van der Waals surface area contributed by atoms with Crippen molar-refractivity contribution in [3.05, 3.63) is 53.0 Å². The second kappa shape index (κ2) is 7.78. The number of halogens is 1. The fourth-order valence-corrected chi connectivity index (χ4v) is 3.38. The topological polar surface area (TPSA) is 58.4 Å². The number of likely N-dealkylation sites (tertiary alicyclic amines) is 1. The highest BCUT2D eigenvalue weighted by Crippen LogP contribution is 2.24. The third-order valence-corrected chi connectivity index (χ3v) is 4.65. The molecule has 1 amide bonds. The lowest BCUT2D eigenvalue weighted by atomic mass is 10.0. The number of rotatable bonds is 5. The van der Waals surface area contributed by atoms with Gasteiger partial charge in [-0.25, -0.2) is 9.37 Å². The zero-order valence-electron chi connectivity index (χ0n) is 14.7. The molecule has 1 saturated heterocycles. The third kappa shape index (κ3) is 4.25. The average molecular weight is 345 g/mol. The summed E-state index contributed by atoms with van der Waals surface area (Å²) in [6, 6.07) is 6.56. The molecule has 2 heterocycles. The van der Waals surface area contributed by atoms with Gasteiger partial charge in [0.2, 0.25) is 5.76 Å². The van der Waals surface area contributed by atoms with E-state index < -0.39 is 0 Å². The molecule has 25 heavy (non-hydrogen) atoms. The molecule has 0 saturated carbocycles. The molecule has 0 radical (unpaired) electrons. The van der Waals surface area contributed by atoms with E-state index in [2.05, 4.69) is 15.2 Å². The van der Waals surface area contributed by atoms with Crippen LogP contribution in [0.1, 0.15) is 53.0 Å². The van der Waals surface area contributed by atoms with Gasteiger partial charge in [0.05, 0.1) is 11.7 Å². The van der Waals surface area contributed by atoms with Crippen LogP contribution >= 0.6 is 0 Å². The van der Waals surface area contributed by atoms with E-state index in [1.165, 1.54) is 18.6 Å². The number of benzene rings is 1. The van der Waals surface area contributed by atoms with Crippen molar-refractivity contribution in [2.45, 2.75) is 39.2 Å². The maximum atomic E-state index is 13.3. The molecule has 6 heteroatoms. The highest BCUT2D eigenvalue weighted by atomic mass is 19.1. The van der Waals surface area contributed by atoms with Gasteiger partial charge in [-0.15, -0.1) is 0 Å². The molecule has 0 unspecified atom stereocenters. The standard InChI is InChI=1S/C19H24FN3O2/c1-13-18(25-14(2)22-13)19(24)21-12-17(23-10-4-3-5-11-23)15-6-8-16(20)9-7-15/h6-9,17H,3-5,10-12H2,1-2H3,(H,21,24)/t17-/m0/s1. The molecule has 1 aliphatic rings. The van der Waals surface area contributed by atoms with Gasteiger partial charge in [0.1, 0.15) is 5.82 Å². The molecule has 134 valence electrons. The Kier molecular flexibility index (Phi) is 5.48. The van der Waals surface area contributed by atoms with Crippen LogP contribution in [0.2, 0.25) is 0 Å². The zero-order valence-corrected chi connectivity index (χ0v) is 14.7. The summed E-state index contributed by atoms with van der Waals surface area (Å²) in [6.07, 6.45) is 3.52. The lowest BCUT2D eigenvalue weighted by Crippen LogP contribution is -2.40. The van der Waals surface area contributed by atoms with Gasteiger partial charge < -0.3 is 9.73 Å². The number of amides is 1. The zero-order chi connectivity index (χ0) is 17.8. The maximum absolute atomic E-state index is 13.3. The molecular formula is C19H24FN3O2. The van der Waals surface area contributed by atoms with E-state index in [0.29, 0.717) is 18.1 Å². The van der Waals surface area contributed by atoms with Crippen LogP contribution in [0.3, 0.4) is 0 Å². The van der Waals surface area contributed by atoms with Gasteiger partial charge in [-0.1, -0.05) is 18.6 Å². The van der Waals surface area contributed by atoms with Crippen molar-refractivity contribution in [3.63, 3.8) is 0 Å². The second-order valence-corrected chi connectivity index (χ2v) is 6.52. The first-order valence-corrected chi connectivity index (χ1v) is 8.76. The van der Waals surface area contributed by atoms with Crippen molar-refractivity contribution >= 4 is 5.91 Å². The number of hydrogen-bond acceptors (Lipinski definition) is 4.